The summed E-state index contributed by atoms with van der Waals surface area (Å²) in [6.45, 7) is 3.38. The molecule has 0 aliphatic heterocycles. The fraction of sp³-hybridized carbons (Fsp3) is 0.333. The topological polar surface area (TPSA) is 56.8 Å². The molecule has 0 saturated heterocycles. The van der Waals surface area contributed by atoms with Gasteiger partial charge in [-0.05, 0) is 19.1 Å². The second-order valence-electron chi connectivity index (χ2n) is 3.13. The van der Waals surface area contributed by atoms with Crippen molar-refractivity contribution in [1.29, 1.82) is 0 Å². The third-order valence-electron chi connectivity index (χ3n) is 2.02. The van der Waals surface area contributed by atoms with Crippen LogP contribution in [0.1, 0.15) is 6.92 Å². The van der Waals surface area contributed by atoms with Crippen LogP contribution in [-0.4, -0.2) is 26.7 Å². The zero-order chi connectivity index (χ0) is 12.7. The van der Waals surface area contributed by atoms with Crippen LogP contribution in [-0.2, 0) is 9.53 Å². The Hall–Kier alpha value is -1.75. The lowest BCUT2D eigenvalue weighted by Gasteiger charge is -2.11. The number of nitrogens with one attached hydrogen (secondary N) is 1. The Balaban J connectivity index is 2.73. The molecule has 0 aliphatic carbocycles. The third kappa shape index (κ3) is 3.96. The van der Waals surface area contributed by atoms with E-state index in [1.165, 1.54) is 7.11 Å². The van der Waals surface area contributed by atoms with Crippen LogP contribution in [0.5, 0.6) is 11.5 Å². The van der Waals surface area contributed by atoms with Gasteiger partial charge in [0.1, 0.15) is 11.5 Å². The normalized spacial score (nSPS) is 9.82. The van der Waals surface area contributed by atoms with E-state index in [4.69, 9.17) is 14.2 Å². The van der Waals surface area contributed by atoms with Crippen LogP contribution in [0.4, 0.5) is 5.69 Å². The molecule has 0 bridgehead atoms. The van der Waals surface area contributed by atoms with E-state index in [0.717, 1.165) is 6.61 Å². The summed E-state index contributed by atoms with van der Waals surface area (Å²) in [6.07, 6.45) is 0. The Labute approximate surface area is 101 Å². The van der Waals surface area contributed by atoms with Crippen LogP contribution in [0.2, 0.25) is 0 Å². The van der Waals surface area contributed by atoms with Crippen molar-refractivity contribution in [3.63, 3.8) is 0 Å². The van der Waals surface area contributed by atoms with E-state index in [0.29, 0.717) is 23.8 Å². The van der Waals surface area contributed by atoms with Gasteiger partial charge in [0.15, 0.2) is 6.61 Å². The quantitative estimate of drug-likeness (QED) is 0.821. The minimum atomic E-state index is -0.338. The summed E-state index contributed by atoms with van der Waals surface area (Å²) in [5.74, 6) is 0.853. The van der Waals surface area contributed by atoms with E-state index >= 15 is 0 Å². The van der Waals surface area contributed by atoms with E-state index < -0.39 is 0 Å². The van der Waals surface area contributed by atoms with Crippen LogP contribution in [0.25, 0.3) is 0 Å². The molecule has 93 valence electrons. The van der Waals surface area contributed by atoms with Crippen LogP contribution in [0, 0.1) is 6.61 Å². The molecule has 1 aromatic carbocycles. The van der Waals surface area contributed by atoms with Gasteiger partial charge in [-0.15, -0.1) is 0 Å². The molecule has 1 amide bonds. The van der Waals surface area contributed by atoms with Gasteiger partial charge in [0.25, 0.3) is 5.91 Å². The van der Waals surface area contributed by atoms with Crippen molar-refractivity contribution < 1.29 is 19.0 Å². The van der Waals surface area contributed by atoms with Gasteiger partial charge in [-0.2, -0.15) is 0 Å². The average Bonchev–Trinajstić information content (AvgIpc) is 2.36. The molecule has 1 rings (SSSR count). The van der Waals surface area contributed by atoms with Gasteiger partial charge >= 0.3 is 0 Å². The van der Waals surface area contributed by atoms with Crippen molar-refractivity contribution in [3.8, 4) is 11.5 Å². The number of rotatable bonds is 6. The standard InChI is InChI=1S/C12H16NO4/c1-4-17-8-12(14)13-10-6-5-9(15-2)7-11(10)16-3/h5-8H,4H2,1-3H3,(H,13,14). The SMILES string of the molecule is CCO[CH]C(=O)Nc1ccc(OC)cc1OC. The highest BCUT2D eigenvalue weighted by Crippen LogP contribution is 2.28. The van der Waals surface area contributed by atoms with Crippen molar-refractivity contribution in [1.82, 2.24) is 0 Å². The maximum Gasteiger partial charge on any atom is 0.256 e. The van der Waals surface area contributed by atoms with Crippen molar-refractivity contribution in [2.75, 3.05) is 26.1 Å². The first-order valence-electron chi connectivity index (χ1n) is 5.19. The Morgan fingerprint density at radius 2 is 2.12 bits per heavy atom. The van der Waals surface area contributed by atoms with Crippen molar-refractivity contribution >= 4 is 11.6 Å². The summed E-state index contributed by atoms with van der Waals surface area (Å²) >= 11 is 0. The summed E-state index contributed by atoms with van der Waals surface area (Å²) in [5, 5.41) is 2.65. The van der Waals surface area contributed by atoms with Gasteiger partial charge in [0.05, 0.1) is 19.9 Å². The van der Waals surface area contributed by atoms with Crippen molar-refractivity contribution in [2.24, 2.45) is 0 Å². The number of anilines is 1. The number of ether oxygens (including phenoxy) is 3. The summed E-state index contributed by atoms with van der Waals surface area (Å²) in [6, 6.07) is 5.13. The fourth-order valence-electron chi connectivity index (χ4n) is 1.22. The average molecular weight is 238 g/mol. The summed E-state index contributed by atoms with van der Waals surface area (Å²) < 4.78 is 15.1. The van der Waals surface area contributed by atoms with Gasteiger partial charge in [0.2, 0.25) is 0 Å². The molecule has 0 atom stereocenters. The van der Waals surface area contributed by atoms with Gasteiger partial charge in [-0.3, -0.25) is 4.79 Å². The lowest BCUT2D eigenvalue weighted by atomic mass is 10.2. The number of carbonyl (C=O) groups excluding carboxylic acids is 1. The molecule has 17 heavy (non-hydrogen) atoms. The second-order valence-corrected chi connectivity index (χ2v) is 3.13. The Morgan fingerprint density at radius 3 is 2.71 bits per heavy atom. The Bertz CT molecular complexity index is 379. The Morgan fingerprint density at radius 1 is 1.35 bits per heavy atom. The predicted molar refractivity (Wildman–Crippen MR) is 64.1 cm³/mol. The first-order valence-corrected chi connectivity index (χ1v) is 5.19. The van der Waals surface area contributed by atoms with E-state index in [1.54, 1.807) is 32.2 Å². The number of amides is 1. The first kappa shape index (κ1) is 13.3. The zero-order valence-corrected chi connectivity index (χ0v) is 10.1. The largest absolute Gasteiger partial charge is 0.497 e. The molecule has 0 unspecified atom stereocenters. The van der Waals surface area contributed by atoms with Crippen LogP contribution in [0.3, 0.4) is 0 Å². The lowest BCUT2D eigenvalue weighted by Crippen LogP contribution is -2.14. The predicted octanol–water partition coefficient (Wildman–Crippen LogP) is 1.84. The first-order chi connectivity index (χ1) is 8.21. The number of methoxy groups -OCH3 is 2. The number of hydrogen-bond donors (Lipinski definition) is 1. The molecule has 0 fully saturated rings. The minimum absolute atomic E-state index is 0.338. The van der Waals surface area contributed by atoms with Gasteiger partial charge < -0.3 is 19.5 Å². The van der Waals surface area contributed by atoms with Crippen molar-refractivity contribution in [2.45, 2.75) is 6.92 Å². The van der Waals surface area contributed by atoms with E-state index in [2.05, 4.69) is 5.32 Å². The molecule has 1 radical (unpaired) electrons. The number of carbonyl (C=O) groups is 1. The van der Waals surface area contributed by atoms with Crippen LogP contribution >= 0.6 is 0 Å². The van der Waals surface area contributed by atoms with Crippen molar-refractivity contribution in [3.05, 3.63) is 24.8 Å². The Kier molecular flexibility index (Phi) is 5.29. The van der Waals surface area contributed by atoms with Gasteiger partial charge in [-0.25, -0.2) is 0 Å². The molecule has 0 aliphatic rings. The van der Waals surface area contributed by atoms with E-state index in [1.807, 2.05) is 0 Å². The maximum atomic E-state index is 11.4. The summed E-state index contributed by atoms with van der Waals surface area (Å²) in [4.78, 5) is 11.4. The molecule has 5 nitrogen and oxygen atoms in total. The molecular formula is C12H16NO4. The molecule has 1 N–H and O–H groups in total. The van der Waals surface area contributed by atoms with Crippen LogP contribution in [0.15, 0.2) is 18.2 Å². The molecule has 1 aromatic rings. The highest BCUT2D eigenvalue weighted by molar-refractivity contribution is 5.97. The van der Waals surface area contributed by atoms with E-state index in [9.17, 15) is 4.79 Å². The molecule has 0 saturated carbocycles. The zero-order valence-electron chi connectivity index (χ0n) is 10.1. The minimum Gasteiger partial charge on any atom is -0.497 e. The van der Waals surface area contributed by atoms with E-state index in [-0.39, 0.29) is 5.91 Å². The fourth-order valence-corrected chi connectivity index (χ4v) is 1.22. The smallest absolute Gasteiger partial charge is 0.256 e. The lowest BCUT2D eigenvalue weighted by molar-refractivity contribution is -0.116. The van der Waals surface area contributed by atoms with Gasteiger partial charge in [0, 0.05) is 12.7 Å². The molecule has 0 heterocycles. The molecule has 5 heteroatoms. The summed E-state index contributed by atoms with van der Waals surface area (Å²) in [7, 11) is 3.09. The molecular weight excluding hydrogens is 222 g/mol. The number of benzene rings is 1. The van der Waals surface area contributed by atoms with Crippen LogP contribution < -0.4 is 14.8 Å². The molecule has 0 aromatic heterocycles. The monoisotopic (exact) mass is 238 g/mol. The maximum absolute atomic E-state index is 11.4. The highest BCUT2D eigenvalue weighted by Gasteiger charge is 2.09. The number of hydrogen-bond acceptors (Lipinski definition) is 4. The highest BCUT2D eigenvalue weighted by atomic mass is 16.5. The van der Waals surface area contributed by atoms with Gasteiger partial charge in [-0.1, -0.05) is 0 Å². The second kappa shape index (κ2) is 6.75. The summed E-state index contributed by atoms with van der Waals surface area (Å²) in [5.41, 5.74) is 0.564. The molecule has 0 spiro atoms. The third-order valence-corrected chi connectivity index (χ3v) is 2.02.